The molecule has 0 aliphatic rings. The molecule has 0 nitrogen and oxygen atoms in total. The first-order valence-electron chi connectivity index (χ1n) is 4.88. The van der Waals surface area contributed by atoms with Gasteiger partial charge in [0.1, 0.15) is 0 Å². The van der Waals surface area contributed by atoms with Crippen molar-refractivity contribution in [1.29, 1.82) is 0 Å². The number of halogens is 7. The van der Waals surface area contributed by atoms with Crippen LogP contribution in [0.4, 0.5) is 30.7 Å². The van der Waals surface area contributed by atoms with E-state index in [1.165, 1.54) is 18.2 Å². The van der Waals surface area contributed by atoms with Crippen molar-refractivity contribution in [2.45, 2.75) is 18.0 Å². The molecular weight excluding hydrogens is 297 g/mol. The highest BCUT2D eigenvalue weighted by atomic mass is 32.1. The molecule has 0 atom stereocenters. The smallest absolute Gasteiger partial charge is 0.194 e. The van der Waals surface area contributed by atoms with Crippen molar-refractivity contribution in [1.82, 2.24) is 0 Å². The molecule has 104 valence electrons. The van der Waals surface area contributed by atoms with Gasteiger partial charge in [-0.25, -0.2) is 0 Å². The second kappa shape index (κ2) is 4.09. The molecule has 0 aliphatic carbocycles. The molecule has 0 fully saturated rings. The number of hydrogen-bond donors (Lipinski definition) is 0. The lowest BCUT2D eigenvalue weighted by Gasteiger charge is -2.28. The summed E-state index contributed by atoms with van der Waals surface area (Å²) in [7, 11) is 0. The number of benzene rings is 1. The van der Waals surface area contributed by atoms with E-state index < -0.39 is 23.6 Å². The summed E-state index contributed by atoms with van der Waals surface area (Å²) in [5.41, 5.74) is -1.31. The Morgan fingerprint density at radius 2 is 1.42 bits per heavy atom. The van der Waals surface area contributed by atoms with Crippen molar-refractivity contribution >= 4 is 21.4 Å². The van der Waals surface area contributed by atoms with Gasteiger partial charge in [-0.1, -0.05) is 18.2 Å². The van der Waals surface area contributed by atoms with Crippen LogP contribution in [0.3, 0.4) is 0 Å². The average Bonchev–Trinajstić information content (AvgIpc) is 2.71. The molecule has 0 saturated heterocycles. The molecule has 2 aromatic rings. The molecule has 0 unspecified atom stereocenters. The quantitative estimate of drug-likeness (QED) is 0.670. The maximum Gasteiger partial charge on any atom is 0.460 e. The third-order valence-corrected chi connectivity index (χ3v) is 3.53. The first kappa shape index (κ1) is 14.1. The SMILES string of the molecule is FC(F)(F)C(F)(F)C(F)(F)c1csc2ccccc12. The molecule has 19 heavy (non-hydrogen) atoms. The van der Waals surface area contributed by atoms with Gasteiger partial charge in [-0.15, -0.1) is 11.3 Å². The van der Waals surface area contributed by atoms with Crippen LogP contribution < -0.4 is 0 Å². The molecule has 0 aliphatic heterocycles. The fourth-order valence-electron chi connectivity index (χ4n) is 1.57. The summed E-state index contributed by atoms with van der Waals surface area (Å²) in [5, 5.41) is 0.325. The first-order valence-corrected chi connectivity index (χ1v) is 5.76. The first-order chi connectivity index (χ1) is 8.59. The molecule has 2 rings (SSSR count). The summed E-state index contributed by atoms with van der Waals surface area (Å²) in [6.45, 7) is 0. The monoisotopic (exact) mass is 302 g/mol. The van der Waals surface area contributed by atoms with Gasteiger partial charge in [-0.05, 0) is 6.07 Å². The van der Waals surface area contributed by atoms with E-state index in [1.54, 1.807) is 0 Å². The van der Waals surface area contributed by atoms with Crippen molar-refractivity contribution in [3.63, 3.8) is 0 Å². The van der Waals surface area contributed by atoms with Crippen LogP contribution in [0.15, 0.2) is 29.6 Å². The van der Waals surface area contributed by atoms with Crippen LogP contribution in [0.1, 0.15) is 5.56 Å². The minimum atomic E-state index is -6.32. The van der Waals surface area contributed by atoms with Gasteiger partial charge in [0.25, 0.3) is 0 Å². The van der Waals surface area contributed by atoms with E-state index in [0.29, 0.717) is 16.7 Å². The zero-order valence-corrected chi connectivity index (χ0v) is 9.76. The van der Waals surface area contributed by atoms with Crippen molar-refractivity contribution in [3.8, 4) is 0 Å². The highest BCUT2D eigenvalue weighted by molar-refractivity contribution is 7.17. The molecule has 0 radical (unpaired) electrons. The number of rotatable bonds is 2. The van der Waals surface area contributed by atoms with E-state index >= 15 is 0 Å². The summed E-state index contributed by atoms with van der Waals surface area (Å²) in [6, 6.07) is 5.22. The lowest BCUT2D eigenvalue weighted by Crippen LogP contribution is -2.49. The maximum atomic E-state index is 13.5. The Hall–Kier alpha value is -1.31. The minimum Gasteiger partial charge on any atom is -0.194 e. The summed E-state index contributed by atoms with van der Waals surface area (Å²) < 4.78 is 89.4. The van der Waals surface area contributed by atoms with Crippen LogP contribution >= 0.6 is 11.3 Å². The highest BCUT2D eigenvalue weighted by Crippen LogP contribution is 2.53. The Balaban J connectivity index is 2.62. The van der Waals surface area contributed by atoms with Crippen LogP contribution in [-0.4, -0.2) is 12.1 Å². The number of alkyl halides is 7. The minimum absolute atomic E-state index is 0.218. The zero-order chi connectivity index (χ0) is 14.5. The highest BCUT2D eigenvalue weighted by Gasteiger charge is 2.73. The molecule has 1 aromatic heterocycles. The van der Waals surface area contributed by atoms with Gasteiger partial charge in [0, 0.05) is 21.0 Å². The van der Waals surface area contributed by atoms with Crippen molar-refractivity contribution in [2.75, 3.05) is 0 Å². The van der Waals surface area contributed by atoms with Crippen molar-refractivity contribution in [3.05, 3.63) is 35.2 Å². The molecule has 0 N–H and O–H groups in total. The van der Waals surface area contributed by atoms with Crippen LogP contribution in [0.5, 0.6) is 0 Å². The largest absolute Gasteiger partial charge is 0.460 e. The Bertz CT molecular complexity index is 596. The van der Waals surface area contributed by atoms with Gasteiger partial charge >= 0.3 is 18.0 Å². The van der Waals surface area contributed by atoms with Gasteiger partial charge in [0.15, 0.2) is 0 Å². The Morgan fingerprint density at radius 3 is 2.00 bits per heavy atom. The van der Waals surface area contributed by atoms with Crippen LogP contribution in [0.25, 0.3) is 10.1 Å². The van der Waals surface area contributed by atoms with E-state index in [9.17, 15) is 30.7 Å². The fraction of sp³-hybridized carbons (Fsp3) is 0.273. The van der Waals surface area contributed by atoms with Crippen LogP contribution in [0, 0.1) is 0 Å². The predicted molar refractivity (Wildman–Crippen MR) is 56.7 cm³/mol. The average molecular weight is 302 g/mol. The fourth-order valence-corrected chi connectivity index (χ4v) is 2.55. The standard InChI is InChI=1S/C11H5F7S/c12-9(13,10(14,15)11(16,17)18)7-5-19-8-4-2-1-3-6(7)8/h1-5H. The zero-order valence-electron chi connectivity index (χ0n) is 8.94. The summed E-state index contributed by atoms with van der Waals surface area (Å²) in [4.78, 5) is 0. The molecule has 0 spiro atoms. The summed E-state index contributed by atoms with van der Waals surface area (Å²) in [6.07, 6.45) is -6.32. The molecule has 0 bridgehead atoms. The van der Waals surface area contributed by atoms with E-state index in [1.807, 2.05) is 0 Å². The van der Waals surface area contributed by atoms with E-state index in [-0.39, 0.29) is 10.1 Å². The lowest BCUT2D eigenvalue weighted by molar-refractivity contribution is -0.359. The Labute approximate surface area is 106 Å². The number of hydrogen-bond acceptors (Lipinski definition) is 1. The number of fused-ring (bicyclic) bond motifs is 1. The van der Waals surface area contributed by atoms with Crippen LogP contribution in [0.2, 0.25) is 0 Å². The second-order valence-electron chi connectivity index (χ2n) is 3.79. The summed E-state index contributed by atoms with van der Waals surface area (Å²) >= 11 is 0.687. The summed E-state index contributed by atoms with van der Waals surface area (Å²) in [5.74, 6) is -11.4. The van der Waals surface area contributed by atoms with Gasteiger partial charge in [-0.2, -0.15) is 30.7 Å². The van der Waals surface area contributed by atoms with Crippen molar-refractivity contribution in [2.24, 2.45) is 0 Å². The van der Waals surface area contributed by atoms with Crippen molar-refractivity contribution < 1.29 is 30.7 Å². The molecule has 1 heterocycles. The Morgan fingerprint density at radius 1 is 0.842 bits per heavy atom. The van der Waals surface area contributed by atoms with Gasteiger partial charge in [0.05, 0.1) is 0 Å². The van der Waals surface area contributed by atoms with Gasteiger partial charge in [-0.3, -0.25) is 0 Å². The topological polar surface area (TPSA) is 0 Å². The predicted octanol–water partition coefficient (Wildman–Crippen LogP) is 5.19. The molecule has 8 heteroatoms. The molecule has 0 amide bonds. The molecule has 1 aromatic carbocycles. The van der Waals surface area contributed by atoms with E-state index in [4.69, 9.17) is 0 Å². The third-order valence-electron chi connectivity index (χ3n) is 2.57. The van der Waals surface area contributed by atoms with Crippen LogP contribution in [-0.2, 0) is 5.92 Å². The van der Waals surface area contributed by atoms with E-state index in [0.717, 1.165) is 6.07 Å². The van der Waals surface area contributed by atoms with Gasteiger partial charge < -0.3 is 0 Å². The molecule has 0 saturated carbocycles. The van der Waals surface area contributed by atoms with Gasteiger partial charge in [0.2, 0.25) is 0 Å². The second-order valence-corrected chi connectivity index (χ2v) is 4.70. The van der Waals surface area contributed by atoms with E-state index in [2.05, 4.69) is 0 Å². The number of thiophene rings is 1. The lowest BCUT2D eigenvalue weighted by atomic mass is 10.0. The molecular formula is C11H5F7S. The maximum absolute atomic E-state index is 13.5. The normalized spacial score (nSPS) is 14.1. The Kier molecular flexibility index (Phi) is 3.04. The third kappa shape index (κ3) is 1.98.